The third-order valence-electron chi connectivity index (χ3n) is 2.00. The summed E-state index contributed by atoms with van der Waals surface area (Å²) < 4.78 is 0. The Balaban J connectivity index is 2.93. The molecular weight excluding hydrogens is 220 g/mol. The van der Waals surface area contributed by atoms with Crippen LogP contribution in [0.5, 0.6) is 0 Å². The molecule has 0 unspecified atom stereocenters. The fraction of sp³-hybridized carbons (Fsp3) is 0.250. The van der Waals surface area contributed by atoms with Crippen molar-refractivity contribution in [2.75, 3.05) is 5.32 Å². The first-order valence-electron chi connectivity index (χ1n) is 4.95. The Hall–Kier alpha value is -1.39. The number of para-hydroxylation sites is 1. The summed E-state index contributed by atoms with van der Waals surface area (Å²) in [5.74, 6) is 0. The third-order valence-corrected chi connectivity index (χ3v) is 2.12. The van der Waals surface area contributed by atoms with Crippen LogP contribution in [0.4, 0.5) is 5.69 Å². The molecule has 0 fully saturated rings. The van der Waals surface area contributed by atoms with E-state index >= 15 is 0 Å². The highest BCUT2D eigenvalue weighted by molar-refractivity contribution is 7.80. The van der Waals surface area contributed by atoms with Crippen LogP contribution in [0.2, 0.25) is 0 Å². The second kappa shape index (κ2) is 5.09. The lowest BCUT2D eigenvalue weighted by Gasteiger charge is -2.23. The zero-order valence-corrected chi connectivity index (χ0v) is 10.2. The van der Waals surface area contributed by atoms with Crippen LogP contribution in [0.15, 0.2) is 42.1 Å². The van der Waals surface area contributed by atoms with Crippen molar-refractivity contribution in [3.63, 3.8) is 0 Å². The van der Waals surface area contributed by atoms with E-state index in [0.29, 0.717) is 5.70 Å². The van der Waals surface area contributed by atoms with Gasteiger partial charge < -0.3 is 16.2 Å². The Morgan fingerprint density at radius 3 is 2.38 bits per heavy atom. The van der Waals surface area contributed by atoms with Gasteiger partial charge in [-0.05, 0) is 32.1 Å². The van der Waals surface area contributed by atoms with Crippen LogP contribution < -0.4 is 11.1 Å². The van der Waals surface area contributed by atoms with Crippen LogP contribution >= 0.6 is 12.2 Å². The molecule has 4 N–H and O–H groups in total. The van der Waals surface area contributed by atoms with Crippen molar-refractivity contribution in [3.8, 4) is 0 Å². The Morgan fingerprint density at radius 2 is 1.94 bits per heavy atom. The second-order valence-corrected chi connectivity index (χ2v) is 4.48. The van der Waals surface area contributed by atoms with Crippen molar-refractivity contribution in [3.05, 3.63) is 42.1 Å². The summed E-state index contributed by atoms with van der Waals surface area (Å²) in [6.07, 6.45) is 1.56. The van der Waals surface area contributed by atoms with E-state index in [1.165, 1.54) is 0 Å². The number of anilines is 1. The molecule has 0 aliphatic rings. The third kappa shape index (κ3) is 4.00. The summed E-state index contributed by atoms with van der Waals surface area (Å²) in [6.45, 7) is 3.35. The van der Waals surface area contributed by atoms with Gasteiger partial charge in [-0.15, -0.1) is 0 Å². The number of hydrogen-bond acceptors (Lipinski definition) is 3. The van der Waals surface area contributed by atoms with Crippen LogP contribution in [0.1, 0.15) is 13.8 Å². The van der Waals surface area contributed by atoms with Gasteiger partial charge in [0.1, 0.15) is 0 Å². The Labute approximate surface area is 101 Å². The van der Waals surface area contributed by atoms with Crippen LogP contribution in [0.25, 0.3) is 0 Å². The molecule has 0 spiro atoms. The number of thiocarbonyl (C=S) groups is 1. The zero-order valence-electron chi connectivity index (χ0n) is 9.40. The molecule has 16 heavy (non-hydrogen) atoms. The van der Waals surface area contributed by atoms with Gasteiger partial charge in [0.25, 0.3) is 0 Å². The molecule has 0 bridgehead atoms. The molecule has 0 aliphatic heterocycles. The van der Waals surface area contributed by atoms with Crippen molar-refractivity contribution < 1.29 is 5.11 Å². The van der Waals surface area contributed by atoms with Gasteiger partial charge in [-0.2, -0.15) is 0 Å². The molecule has 0 heterocycles. The molecule has 0 atom stereocenters. The lowest BCUT2D eigenvalue weighted by Crippen LogP contribution is -2.28. The monoisotopic (exact) mass is 236 g/mol. The van der Waals surface area contributed by atoms with Gasteiger partial charge in [-0.3, -0.25) is 0 Å². The molecule has 0 radical (unpaired) electrons. The largest absolute Gasteiger partial charge is 0.390 e. The van der Waals surface area contributed by atoms with E-state index in [1.807, 2.05) is 30.3 Å². The number of nitrogens with two attached hydrogens (primary N) is 1. The van der Waals surface area contributed by atoms with E-state index in [0.717, 1.165) is 5.69 Å². The van der Waals surface area contributed by atoms with Crippen molar-refractivity contribution in [1.82, 2.24) is 0 Å². The lowest BCUT2D eigenvalue weighted by molar-refractivity contribution is 0.121. The maximum absolute atomic E-state index is 9.94. The molecule has 3 nitrogen and oxygen atoms in total. The van der Waals surface area contributed by atoms with Gasteiger partial charge in [0.05, 0.1) is 10.6 Å². The first-order chi connectivity index (χ1) is 7.39. The Bertz CT molecular complexity index is 393. The lowest BCUT2D eigenvalue weighted by atomic mass is 10.0. The molecule has 1 rings (SSSR count). The minimum absolute atomic E-state index is 0.237. The predicted octanol–water partition coefficient (Wildman–Crippen LogP) is 2.04. The molecule has 1 aromatic rings. The molecule has 4 heteroatoms. The van der Waals surface area contributed by atoms with Crippen LogP contribution in [0, 0.1) is 0 Å². The minimum atomic E-state index is -1.01. The molecule has 1 aromatic carbocycles. The Morgan fingerprint density at radius 1 is 1.38 bits per heavy atom. The summed E-state index contributed by atoms with van der Waals surface area (Å²) in [6, 6.07) is 9.54. The van der Waals surface area contributed by atoms with E-state index in [9.17, 15) is 5.11 Å². The van der Waals surface area contributed by atoms with Crippen molar-refractivity contribution in [2.24, 2.45) is 5.73 Å². The molecule has 86 valence electrons. The van der Waals surface area contributed by atoms with Gasteiger partial charge in [0, 0.05) is 11.4 Å². The predicted molar refractivity (Wildman–Crippen MR) is 71.2 cm³/mol. The van der Waals surface area contributed by atoms with E-state index in [-0.39, 0.29) is 4.99 Å². The quantitative estimate of drug-likeness (QED) is 0.553. The average molecular weight is 236 g/mol. The zero-order chi connectivity index (χ0) is 12.2. The SMILES string of the molecule is CC(C)(O)/C(=C/C(N)=S)Nc1ccccc1. The van der Waals surface area contributed by atoms with E-state index in [1.54, 1.807) is 19.9 Å². The van der Waals surface area contributed by atoms with Gasteiger partial charge in [0.15, 0.2) is 0 Å². The molecule has 0 amide bonds. The summed E-state index contributed by atoms with van der Waals surface area (Å²) in [4.78, 5) is 0.237. The fourth-order valence-electron chi connectivity index (χ4n) is 1.18. The van der Waals surface area contributed by atoms with Gasteiger partial charge in [-0.1, -0.05) is 30.4 Å². The molecular formula is C12H16N2OS. The summed E-state index contributed by atoms with van der Waals surface area (Å²) >= 11 is 4.81. The van der Waals surface area contributed by atoms with Gasteiger partial charge in [0.2, 0.25) is 0 Å². The summed E-state index contributed by atoms with van der Waals surface area (Å²) in [5.41, 5.74) is 5.89. The molecule has 0 saturated carbocycles. The minimum Gasteiger partial charge on any atom is -0.390 e. The maximum Gasteiger partial charge on any atom is 0.0988 e. The van der Waals surface area contributed by atoms with Gasteiger partial charge in [-0.25, -0.2) is 0 Å². The summed E-state index contributed by atoms with van der Waals surface area (Å²) in [7, 11) is 0. The molecule has 0 saturated heterocycles. The van der Waals surface area contributed by atoms with Crippen molar-refractivity contribution in [1.29, 1.82) is 0 Å². The number of aliphatic hydroxyl groups is 1. The smallest absolute Gasteiger partial charge is 0.0988 e. The maximum atomic E-state index is 9.94. The highest BCUT2D eigenvalue weighted by Crippen LogP contribution is 2.18. The molecule has 0 aliphatic carbocycles. The van der Waals surface area contributed by atoms with Crippen molar-refractivity contribution >= 4 is 22.9 Å². The van der Waals surface area contributed by atoms with Crippen molar-refractivity contribution in [2.45, 2.75) is 19.4 Å². The topological polar surface area (TPSA) is 58.3 Å². The Kier molecular flexibility index (Phi) is 4.04. The number of nitrogens with one attached hydrogen (secondary N) is 1. The van der Waals surface area contributed by atoms with Gasteiger partial charge >= 0.3 is 0 Å². The normalized spacial score (nSPS) is 12.3. The fourth-order valence-corrected chi connectivity index (χ4v) is 1.30. The van der Waals surface area contributed by atoms with E-state index in [2.05, 4.69) is 5.32 Å². The summed E-state index contributed by atoms with van der Waals surface area (Å²) in [5, 5.41) is 13.0. The number of hydrogen-bond donors (Lipinski definition) is 3. The average Bonchev–Trinajstić information content (AvgIpc) is 2.16. The van der Waals surface area contributed by atoms with E-state index < -0.39 is 5.60 Å². The second-order valence-electron chi connectivity index (χ2n) is 4.01. The first-order valence-corrected chi connectivity index (χ1v) is 5.36. The number of rotatable bonds is 4. The number of benzene rings is 1. The van der Waals surface area contributed by atoms with Crippen LogP contribution in [-0.2, 0) is 0 Å². The highest BCUT2D eigenvalue weighted by Gasteiger charge is 2.19. The standard InChI is InChI=1S/C12H16N2OS/c1-12(2,15)10(8-11(13)16)14-9-6-4-3-5-7-9/h3-8,14-15H,1-2H3,(H2,13,16)/b10-8-. The van der Waals surface area contributed by atoms with Crippen LogP contribution in [-0.4, -0.2) is 15.7 Å². The first kappa shape index (κ1) is 12.7. The van der Waals surface area contributed by atoms with Crippen LogP contribution in [0.3, 0.4) is 0 Å². The highest BCUT2D eigenvalue weighted by atomic mass is 32.1. The van der Waals surface area contributed by atoms with E-state index in [4.69, 9.17) is 18.0 Å². The molecule has 0 aromatic heterocycles.